The lowest BCUT2D eigenvalue weighted by atomic mass is 9.90. The molecular weight excluding hydrogens is 484 g/mol. The Morgan fingerprint density at radius 3 is 2.34 bits per heavy atom. The number of carbonyl (C=O) groups is 3. The van der Waals surface area contributed by atoms with Crippen LogP contribution < -0.4 is 16.4 Å². The van der Waals surface area contributed by atoms with Crippen LogP contribution in [0.3, 0.4) is 0 Å². The highest BCUT2D eigenvalue weighted by Gasteiger charge is 2.22. The maximum Gasteiger partial charge on any atom is 0.303 e. The standard InChI is InChI=1S/C28H50N6O4/c29-18-9-8-13-25(34-22-24(32-33-34)12-11-15-27(36)37)28(38)31-19-10-6-4-2-1-3-5-7-14-26(35)23-16-20-30-21-17-23/h22-23,25,30H,1-21,29H2,(H,31,38)(H,36,37)/t25-/m0/s1. The lowest BCUT2D eigenvalue weighted by molar-refractivity contribution is -0.137. The Morgan fingerprint density at radius 1 is 0.974 bits per heavy atom. The molecule has 0 saturated carbocycles. The molecule has 1 amide bonds. The first-order chi connectivity index (χ1) is 18.5. The first-order valence-corrected chi connectivity index (χ1v) is 14.8. The Bertz CT molecular complexity index is 809. The molecule has 1 aliphatic heterocycles. The molecule has 0 unspecified atom stereocenters. The van der Waals surface area contributed by atoms with Gasteiger partial charge in [0, 0.05) is 31.5 Å². The van der Waals surface area contributed by atoms with E-state index in [9.17, 15) is 14.4 Å². The zero-order valence-electron chi connectivity index (χ0n) is 23.2. The van der Waals surface area contributed by atoms with Gasteiger partial charge < -0.3 is 21.5 Å². The molecule has 2 rings (SSSR count). The molecule has 0 aromatic carbocycles. The van der Waals surface area contributed by atoms with E-state index in [2.05, 4.69) is 20.9 Å². The smallest absolute Gasteiger partial charge is 0.303 e. The number of ketones is 1. The highest BCUT2D eigenvalue weighted by molar-refractivity contribution is 5.81. The molecule has 0 bridgehead atoms. The summed E-state index contributed by atoms with van der Waals surface area (Å²) in [5, 5.41) is 23.5. The number of hydrogen-bond acceptors (Lipinski definition) is 7. The van der Waals surface area contributed by atoms with Crippen LogP contribution in [0.5, 0.6) is 0 Å². The molecule has 38 heavy (non-hydrogen) atoms. The molecule has 1 saturated heterocycles. The first kappa shape index (κ1) is 31.9. The number of carbonyl (C=O) groups excluding carboxylic acids is 2. The topological polar surface area (TPSA) is 152 Å². The number of nitrogens with two attached hydrogens (primary N) is 1. The summed E-state index contributed by atoms with van der Waals surface area (Å²) in [7, 11) is 0. The molecule has 1 atom stereocenters. The number of rotatable bonds is 22. The summed E-state index contributed by atoms with van der Waals surface area (Å²) < 4.78 is 1.61. The van der Waals surface area contributed by atoms with Crippen molar-refractivity contribution < 1.29 is 19.5 Å². The summed E-state index contributed by atoms with van der Waals surface area (Å²) in [5.41, 5.74) is 6.33. The van der Waals surface area contributed by atoms with Crippen LogP contribution in [0.25, 0.3) is 0 Å². The normalized spacial score (nSPS) is 14.9. The Hall–Kier alpha value is -2.33. The van der Waals surface area contributed by atoms with Crippen molar-refractivity contribution in [1.82, 2.24) is 25.6 Å². The van der Waals surface area contributed by atoms with E-state index < -0.39 is 12.0 Å². The van der Waals surface area contributed by atoms with Crippen molar-refractivity contribution in [1.29, 1.82) is 0 Å². The molecule has 1 aromatic rings. The predicted molar refractivity (Wildman–Crippen MR) is 148 cm³/mol. The zero-order valence-corrected chi connectivity index (χ0v) is 23.2. The number of nitrogens with one attached hydrogen (secondary N) is 2. The van der Waals surface area contributed by atoms with Crippen molar-refractivity contribution in [3.8, 4) is 0 Å². The lowest BCUT2D eigenvalue weighted by Crippen LogP contribution is -2.33. The highest BCUT2D eigenvalue weighted by Crippen LogP contribution is 2.18. The molecular formula is C28H50N6O4. The van der Waals surface area contributed by atoms with E-state index in [-0.39, 0.29) is 12.3 Å². The molecule has 10 heteroatoms. The molecule has 216 valence electrons. The fraction of sp³-hybridized carbons (Fsp3) is 0.821. The monoisotopic (exact) mass is 534 g/mol. The zero-order chi connectivity index (χ0) is 27.4. The van der Waals surface area contributed by atoms with Crippen molar-refractivity contribution >= 4 is 17.7 Å². The van der Waals surface area contributed by atoms with Crippen molar-refractivity contribution in [2.45, 2.75) is 115 Å². The third-order valence-corrected chi connectivity index (χ3v) is 7.38. The summed E-state index contributed by atoms with van der Waals surface area (Å²) in [6, 6.07) is -0.427. The lowest BCUT2D eigenvalue weighted by Gasteiger charge is -2.21. The molecule has 1 fully saturated rings. The van der Waals surface area contributed by atoms with E-state index in [0.29, 0.717) is 49.7 Å². The van der Waals surface area contributed by atoms with Gasteiger partial charge in [-0.3, -0.25) is 14.4 Å². The number of amides is 1. The number of aryl methyl sites for hydroxylation is 1. The summed E-state index contributed by atoms with van der Waals surface area (Å²) in [5.74, 6) is -0.118. The van der Waals surface area contributed by atoms with E-state index in [4.69, 9.17) is 10.8 Å². The second-order valence-electron chi connectivity index (χ2n) is 10.6. The summed E-state index contributed by atoms with van der Waals surface area (Å²) in [4.78, 5) is 35.9. The van der Waals surface area contributed by atoms with Crippen LogP contribution in [0.2, 0.25) is 0 Å². The predicted octanol–water partition coefficient (Wildman–Crippen LogP) is 3.55. The van der Waals surface area contributed by atoms with E-state index in [1.807, 2.05) is 0 Å². The van der Waals surface area contributed by atoms with Gasteiger partial charge in [0.25, 0.3) is 0 Å². The minimum atomic E-state index is -0.826. The van der Waals surface area contributed by atoms with Gasteiger partial charge in [-0.2, -0.15) is 0 Å². The Labute approximate surface area is 227 Å². The Kier molecular flexibility index (Phi) is 16.5. The van der Waals surface area contributed by atoms with Crippen LogP contribution in [0.15, 0.2) is 6.20 Å². The van der Waals surface area contributed by atoms with Crippen LogP contribution in [0.1, 0.15) is 114 Å². The van der Waals surface area contributed by atoms with E-state index in [1.165, 1.54) is 19.3 Å². The van der Waals surface area contributed by atoms with Gasteiger partial charge in [0.1, 0.15) is 11.8 Å². The number of carboxylic acid groups (broad SMARTS) is 1. The minimum absolute atomic E-state index is 0.0527. The van der Waals surface area contributed by atoms with Crippen LogP contribution in [0.4, 0.5) is 0 Å². The number of unbranched alkanes of at least 4 members (excludes halogenated alkanes) is 8. The van der Waals surface area contributed by atoms with Crippen LogP contribution in [-0.4, -0.2) is 63.9 Å². The van der Waals surface area contributed by atoms with Crippen molar-refractivity contribution in [2.24, 2.45) is 11.7 Å². The van der Waals surface area contributed by atoms with Crippen LogP contribution in [-0.2, 0) is 20.8 Å². The number of aliphatic carboxylic acids is 1. The number of nitrogens with zero attached hydrogens (tertiary/aromatic N) is 3. The highest BCUT2D eigenvalue weighted by atomic mass is 16.4. The number of Topliss-reactive ketones (excluding diaryl/α,β-unsaturated/α-hetero) is 1. The fourth-order valence-electron chi connectivity index (χ4n) is 5.03. The second-order valence-corrected chi connectivity index (χ2v) is 10.6. The second kappa shape index (κ2) is 19.7. The fourth-order valence-corrected chi connectivity index (χ4v) is 5.03. The minimum Gasteiger partial charge on any atom is -0.481 e. The molecule has 2 heterocycles. The molecule has 10 nitrogen and oxygen atoms in total. The average Bonchev–Trinajstić information content (AvgIpc) is 3.38. The van der Waals surface area contributed by atoms with Gasteiger partial charge in [-0.15, -0.1) is 5.10 Å². The summed E-state index contributed by atoms with van der Waals surface area (Å²) in [6.45, 7) is 3.19. The number of aromatic nitrogens is 3. The first-order valence-electron chi connectivity index (χ1n) is 14.8. The molecule has 1 aliphatic rings. The molecule has 5 N–H and O–H groups in total. The maximum absolute atomic E-state index is 12.9. The number of carboxylic acids is 1. The van der Waals surface area contributed by atoms with Gasteiger partial charge in [-0.1, -0.05) is 43.7 Å². The largest absolute Gasteiger partial charge is 0.481 e. The summed E-state index contributed by atoms with van der Waals surface area (Å²) in [6.07, 6.45) is 16.9. The molecule has 0 radical (unpaired) electrons. The van der Waals surface area contributed by atoms with Crippen LogP contribution >= 0.6 is 0 Å². The Balaban J connectivity index is 1.56. The Morgan fingerprint density at radius 2 is 1.66 bits per heavy atom. The van der Waals surface area contributed by atoms with Crippen molar-refractivity contribution in [3.05, 3.63) is 11.9 Å². The molecule has 1 aromatic heterocycles. The molecule has 0 aliphatic carbocycles. The van der Waals surface area contributed by atoms with Crippen molar-refractivity contribution in [3.63, 3.8) is 0 Å². The van der Waals surface area contributed by atoms with Gasteiger partial charge >= 0.3 is 5.97 Å². The van der Waals surface area contributed by atoms with Crippen LogP contribution in [0, 0.1) is 5.92 Å². The van der Waals surface area contributed by atoms with Gasteiger partial charge in [-0.25, -0.2) is 4.68 Å². The van der Waals surface area contributed by atoms with Gasteiger partial charge in [0.15, 0.2) is 0 Å². The van der Waals surface area contributed by atoms with Crippen molar-refractivity contribution in [2.75, 3.05) is 26.2 Å². The van der Waals surface area contributed by atoms with Gasteiger partial charge in [-0.05, 0) is 77.4 Å². The van der Waals surface area contributed by atoms with Gasteiger partial charge in [0.05, 0.1) is 5.69 Å². The summed E-state index contributed by atoms with van der Waals surface area (Å²) >= 11 is 0. The molecule has 0 spiro atoms. The maximum atomic E-state index is 12.9. The number of hydrogen-bond donors (Lipinski definition) is 4. The number of piperidine rings is 1. The third-order valence-electron chi connectivity index (χ3n) is 7.38. The third kappa shape index (κ3) is 13.5. The SMILES string of the molecule is NCCCC[C@@H](C(=O)NCCCCCCCCCCC(=O)C1CCNCC1)n1cc(CCCC(=O)O)nn1. The quantitative estimate of drug-likeness (QED) is 0.165. The van der Waals surface area contributed by atoms with Gasteiger partial charge in [0.2, 0.25) is 5.91 Å². The average molecular weight is 535 g/mol. The van der Waals surface area contributed by atoms with E-state index >= 15 is 0 Å². The van der Waals surface area contributed by atoms with E-state index in [0.717, 1.165) is 77.3 Å². The van der Waals surface area contributed by atoms with E-state index in [1.54, 1.807) is 10.9 Å².